The summed E-state index contributed by atoms with van der Waals surface area (Å²) in [6, 6.07) is 5.89. The predicted molar refractivity (Wildman–Crippen MR) is 96.0 cm³/mol. The van der Waals surface area contributed by atoms with Crippen molar-refractivity contribution in [2.45, 2.75) is 26.3 Å². The lowest BCUT2D eigenvalue weighted by atomic mass is 10.1. The molecule has 0 aromatic carbocycles. The van der Waals surface area contributed by atoms with Crippen LogP contribution in [0, 0.1) is 5.92 Å². The van der Waals surface area contributed by atoms with E-state index in [1.54, 1.807) is 7.05 Å². The van der Waals surface area contributed by atoms with Gasteiger partial charge in [-0.15, -0.1) is 10.2 Å². The lowest BCUT2D eigenvalue weighted by Gasteiger charge is -2.21. The number of hydrogen-bond acceptors (Lipinski definition) is 4. The molecule has 3 rings (SSSR count). The molecule has 2 N–H and O–H groups in total. The fraction of sp³-hybridized carbons (Fsp3) is 0.588. The summed E-state index contributed by atoms with van der Waals surface area (Å²) >= 11 is 0. The predicted octanol–water partition coefficient (Wildman–Crippen LogP) is 1.13. The molecule has 3 heterocycles. The minimum atomic E-state index is 0.589. The Hall–Kier alpha value is -2.15. The summed E-state index contributed by atoms with van der Waals surface area (Å²) in [6.45, 7) is 7.43. The Labute approximate surface area is 143 Å². The Kier molecular flexibility index (Phi) is 5.63. The number of pyridine rings is 1. The number of hydrogen-bond donors (Lipinski definition) is 2. The molecule has 130 valence electrons. The molecule has 1 atom stereocenters. The van der Waals surface area contributed by atoms with Gasteiger partial charge in [-0.1, -0.05) is 13.0 Å². The van der Waals surface area contributed by atoms with Crippen LogP contribution in [0.25, 0.3) is 5.65 Å². The van der Waals surface area contributed by atoms with Gasteiger partial charge in [-0.3, -0.25) is 9.39 Å². The minimum absolute atomic E-state index is 0.589. The molecule has 0 saturated carbocycles. The largest absolute Gasteiger partial charge is 0.356 e. The minimum Gasteiger partial charge on any atom is -0.356 e. The molecule has 0 aliphatic carbocycles. The van der Waals surface area contributed by atoms with Crippen LogP contribution in [0.3, 0.4) is 0 Å². The molecular weight excluding hydrogens is 302 g/mol. The van der Waals surface area contributed by atoms with Crippen molar-refractivity contribution < 1.29 is 0 Å². The standard InChI is InChI=1S/C17H27N7/c1-14(13-23-8-5-6-9-23)11-19-17(18-2)20-12-16-22-21-15-7-3-4-10-24(15)16/h3-4,7,10,14H,5-6,8-9,11-13H2,1-2H3,(H2,18,19,20). The van der Waals surface area contributed by atoms with Crippen molar-refractivity contribution in [1.82, 2.24) is 30.1 Å². The Morgan fingerprint density at radius 1 is 1.25 bits per heavy atom. The van der Waals surface area contributed by atoms with Crippen molar-refractivity contribution in [2.75, 3.05) is 33.2 Å². The van der Waals surface area contributed by atoms with E-state index in [9.17, 15) is 0 Å². The topological polar surface area (TPSA) is 69.8 Å². The van der Waals surface area contributed by atoms with E-state index in [0.29, 0.717) is 12.5 Å². The molecule has 0 radical (unpaired) electrons. The summed E-state index contributed by atoms with van der Waals surface area (Å²) in [6.07, 6.45) is 4.66. The molecule has 1 fully saturated rings. The first-order chi connectivity index (χ1) is 11.8. The summed E-state index contributed by atoms with van der Waals surface area (Å²) in [5, 5.41) is 15.1. The molecular formula is C17H27N7. The van der Waals surface area contributed by atoms with Crippen molar-refractivity contribution in [1.29, 1.82) is 0 Å². The van der Waals surface area contributed by atoms with Crippen LogP contribution in [0.15, 0.2) is 29.4 Å². The third kappa shape index (κ3) is 4.23. The molecule has 7 heteroatoms. The van der Waals surface area contributed by atoms with E-state index < -0.39 is 0 Å². The highest BCUT2D eigenvalue weighted by Gasteiger charge is 2.14. The number of nitrogens with zero attached hydrogens (tertiary/aromatic N) is 5. The second-order valence-electron chi connectivity index (χ2n) is 6.46. The highest BCUT2D eigenvalue weighted by atomic mass is 15.3. The van der Waals surface area contributed by atoms with Crippen LogP contribution in [0.1, 0.15) is 25.6 Å². The van der Waals surface area contributed by atoms with Crippen LogP contribution < -0.4 is 10.6 Å². The molecule has 0 amide bonds. The number of fused-ring (bicyclic) bond motifs is 1. The van der Waals surface area contributed by atoms with Gasteiger partial charge in [-0.05, 0) is 44.0 Å². The van der Waals surface area contributed by atoms with Gasteiger partial charge in [0.25, 0.3) is 0 Å². The van der Waals surface area contributed by atoms with Gasteiger partial charge < -0.3 is 15.5 Å². The average molecular weight is 329 g/mol. The number of likely N-dealkylation sites (tertiary alicyclic amines) is 1. The highest BCUT2D eigenvalue weighted by molar-refractivity contribution is 5.79. The lowest BCUT2D eigenvalue weighted by molar-refractivity contribution is 0.287. The van der Waals surface area contributed by atoms with Gasteiger partial charge in [0.15, 0.2) is 17.4 Å². The second-order valence-corrected chi connectivity index (χ2v) is 6.46. The molecule has 1 saturated heterocycles. The Balaban J connectivity index is 1.46. The van der Waals surface area contributed by atoms with Gasteiger partial charge in [0.05, 0.1) is 6.54 Å². The Morgan fingerprint density at radius 2 is 2.08 bits per heavy atom. The van der Waals surface area contributed by atoms with Gasteiger partial charge in [0, 0.05) is 26.3 Å². The first kappa shape index (κ1) is 16.7. The smallest absolute Gasteiger partial charge is 0.191 e. The van der Waals surface area contributed by atoms with Crippen molar-refractivity contribution >= 4 is 11.6 Å². The van der Waals surface area contributed by atoms with E-state index in [4.69, 9.17) is 0 Å². The zero-order valence-corrected chi connectivity index (χ0v) is 14.6. The summed E-state index contributed by atoms with van der Waals surface area (Å²) in [7, 11) is 1.79. The van der Waals surface area contributed by atoms with Crippen LogP contribution in [-0.4, -0.2) is 58.7 Å². The maximum Gasteiger partial charge on any atom is 0.191 e. The molecule has 2 aromatic rings. The maximum atomic E-state index is 4.29. The summed E-state index contributed by atoms with van der Waals surface area (Å²) in [4.78, 5) is 6.84. The summed E-state index contributed by atoms with van der Waals surface area (Å²) in [5.74, 6) is 2.27. The van der Waals surface area contributed by atoms with Crippen LogP contribution in [0.2, 0.25) is 0 Å². The van der Waals surface area contributed by atoms with Crippen LogP contribution in [-0.2, 0) is 6.54 Å². The van der Waals surface area contributed by atoms with Crippen LogP contribution >= 0.6 is 0 Å². The maximum absolute atomic E-state index is 4.29. The van der Waals surface area contributed by atoms with Crippen molar-refractivity contribution in [3.8, 4) is 0 Å². The first-order valence-electron chi connectivity index (χ1n) is 8.72. The molecule has 1 unspecified atom stereocenters. The fourth-order valence-corrected chi connectivity index (χ4v) is 3.14. The van der Waals surface area contributed by atoms with Crippen LogP contribution in [0.5, 0.6) is 0 Å². The quantitative estimate of drug-likeness (QED) is 0.614. The molecule has 2 aromatic heterocycles. The van der Waals surface area contributed by atoms with Crippen molar-refractivity contribution in [2.24, 2.45) is 10.9 Å². The van der Waals surface area contributed by atoms with Crippen molar-refractivity contribution in [3.05, 3.63) is 30.2 Å². The van der Waals surface area contributed by atoms with E-state index in [-0.39, 0.29) is 0 Å². The number of nitrogens with one attached hydrogen (secondary N) is 2. The van der Waals surface area contributed by atoms with Crippen LogP contribution in [0.4, 0.5) is 0 Å². The molecule has 24 heavy (non-hydrogen) atoms. The van der Waals surface area contributed by atoms with Crippen molar-refractivity contribution in [3.63, 3.8) is 0 Å². The third-order valence-corrected chi connectivity index (χ3v) is 4.41. The van der Waals surface area contributed by atoms with Gasteiger partial charge in [-0.2, -0.15) is 0 Å². The molecule has 1 aliphatic rings. The zero-order chi connectivity index (χ0) is 16.8. The number of rotatable bonds is 6. The molecule has 7 nitrogen and oxygen atoms in total. The highest BCUT2D eigenvalue weighted by Crippen LogP contribution is 2.09. The lowest BCUT2D eigenvalue weighted by Crippen LogP contribution is -2.41. The molecule has 1 aliphatic heterocycles. The SMILES string of the molecule is CN=C(NCc1nnc2ccccn12)NCC(C)CN1CCCC1. The van der Waals surface area contributed by atoms with Gasteiger partial charge in [-0.25, -0.2) is 0 Å². The number of guanidine groups is 1. The van der Waals surface area contributed by atoms with Gasteiger partial charge in [0.2, 0.25) is 0 Å². The van der Waals surface area contributed by atoms with E-state index in [1.807, 2.05) is 28.8 Å². The monoisotopic (exact) mass is 329 g/mol. The first-order valence-corrected chi connectivity index (χ1v) is 8.72. The Bertz CT molecular complexity index is 672. The zero-order valence-electron chi connectivity index (χ0n) is 14.6. The average Bonchev–Trinajstić information content (AvgIpc) is 3.25. The molecule has 0 spiro atoms. The van der Waals surface area contributed by atoms with E-state index in [0.717, 1.165) is 30.5 Å². The molecule has 0 bridgehead atoms. The third-order valence-electron chi connectivity index (χ3n) is 4.41. The van der Waals surface area contributed by atoms with Gasteiger partial charge in [0.1, 0.15) is 0 Å². The van der Waals surface area contributed by atoms with Gasteiger partial charge >= 0.3 is 0 Å². The second kappa shape index (κ2) is 8.10. The number of aromatic nitrogens is 3. The summed E-state index contributed by atoms with van der Waals surface area (Å²) < 4.78 is 1.98. The summed E-state index contributed by atoms with van der Waals surface area (Å²) in [5.41, 5.74) is 0.858. The number of aliphatic imine (C=N–C) groups is 1. The van der Waals surface area contributed by atoms with E-state index in [1.165, 1.54) is 25.9 Å². The normalized spacial score (nSPS) is 17.3. The van der Waals surface area contributed by atoms with E-state index >= 15 is 0 Å². The van der Waals surface area contributed by atoms with E-state index in [2.05, 4.69) is 37.6 Å². The fourth-order valence-electron chi connectivity index (χ4n) is 3.14. The Morgan fingerprint density at radius 3 is 2.88 bits per heavy atom.